The van der Waals surface area contributed by atoms with Crippen LogP contribution in [0.15, 0.2) is 18.5 Å². The number of piperidine rings is 1. The Hall–Kier alpha value is -1.41. The summed E-state index contributed by atoms with van der Waals surface area (Å²) in [5.41, 5.74) is 0. The fraction of sp³-hybridized carbons (Fsp3) is 0.667. The zero-order chi connectivity index (χ0) is 14.6. The Labute approximate surface area is 119 Å². The topological polar surface area (TPSA) is 84.3 Å². The number of nitrogens with zero attached hydrogens (tertiary/aromatic N) is 3. The van der Waals surface area contributed by atoms with Crippen molar-refractivity contribution in [2.75, 3.05) is 19.3 Å². The van der Waals surface area contributed by atoms with Gasteiger partial charge in [-0.3, -0.25) is 9.48 Å². The molecule has 1 aliphatic rings. The standard InChI is InChI=1S/C12H20N4O3S/c1-20(18,19)14-9-11-5-2-3-8-16(11)12(17)10-15-7-4-6-13-15/h4,6-7,11,14H,2-3,5,8-10H2,1H3. The number of amides is 1. The van der Waals surface area contributed by atoms with Crippen LogP contribution in [0.3, 0.4) is 0 Å². The molecule has 0 spiro atoms. The molecule has 0 aromatic carbocycles. The highest BCUT2D eigenvalue weighted by molar-refractivity contribution is 7.88. The fourth-order valence-corrected chi connectivity index (χ4v) is 2.91. The van der Waals surface area contributed by atoms with Crippen LogP contribution < -0.4 is 4.72 Å². The first kappa shape index (κ1) is 15.0. The number of hydrogen-bond acceptors (Lipinski definition) is 4. The normalized spacial score (nSPS) is 20.1. The first-order chi connectivity index (χ1) is 9.46. The third-order valence-electron chi connectivity index (χ3n) is 3.39. The van der Waals surface area contributed by atoms with Gasteiger partial charge in [0.2, 0.25) is 15.9 Å². The molecular formula is C12H20N4O3S. The minimum Gasteiger partial charge on any atom is -0.337 e. The van der Waals surface area contributed by atoms with E-state index < -0.39 is 10.0 Å². The van der Waals surface area contributed by atoms with Crippen molar-refractivity contribution in [1.82, 2.24) is 19.4 Å². The second kappa shape index (κ2) is 6.36. The van der Waals surface area contributed by atoms with Gasteiger partial charge in [-0.2, -0.15) is 5.10 Å². The van der Waals surface area contributed by atoms with Crippen LogP contribution in [0.4, 0.5) is 0 Å². The predicted octanol–water partition coefficient (Wildman–Crippen LogP) is -0.187. The molecule has 1 aromatic rings. The summed E-state index contributed by atoms with van der Waals surface area (Å²) in [6, 6.07) is 1.70. The van der Waals surface area contributed by atoms with E-state index in [2.05, 4.69) is 9.82 Å². The molecule has 1 aromatic heterocycles. The molecule has 1 atom stereocenters. The Kier molecular flexibility index (Phi) is 4.77. The SMILES string of the molecule is CS(=O)(=O)NCC1CCCCN1C(=O)Cn1cccn1. The summed E-state index contributed by atoms with van der Waals surface area (Å²) in [5, 5.41) is 4.02. The molecule has 1 saturated heterocycles. The van der Waals surface area contributed by atoms with Gasteiger partial charge in [-0.1, -0.05) is 0 Å². The van der Waals surface area contributed by atoms with E-state index in [1.807, 2.05) is 0 Å². The fourth-order valence-electron chi connectivity index (χ4n) is 2.41. The molecule has 0 aliphatic carbocycles. The largest absolute Gasteiger partial charge is 0.337 e. The Morgan fingerprint density at radius 3 is 2.90 bits per heavy atom. The number of rotatable bonds is 5. The number of carbonyl (C=O) groups excluding carboxylic acids is 1. The number of aromatic nitrogens is 2. The second-order valence-electron chi connectivity index (χ2n) is 5.06. The van der Waals surface area contributed by atoms with Gasteiger partial charge < -0.3 is 4.90 Å². The molecular weight excluding hydrogens is 280 g/mol. The molecule has 20 heavy (non-hydrogen) atoms. The highest BCUT2D eigenvalue weighted by Crippen LogP contribution is 2.17. The summed E-state index contributed by atoms with van der Waals surface area (Å²) in [7, 11) is -3.23. The van der Waals surface area contributed by atoms with Crippen LogP contribution in [0.1, 0.15) is 19.3 Å². The summed E-state index contributed by atoms with van der Waals surface area (Å²) in [5.74, 6) is -0.0197. The second-order valence-corrected chi connectivity index (χ2v) is 6.89. The zero-order valence-electron chi connectivity index (χ0n) is 11.5. The van der Waals surface area contributed by atoms with Gasteiger partial charge in [0.05, 0.1) is 6.26 Å². The Balaban J connectivity index is 1.97. The summed E-state index contributed by atoms with van der Waals surface area (Å²) < 4.78 is 26.4. The Morgan fingerprint density at radius 1 is 1.45 bits per heavy atom. The van der Waals surface area contributed by atoms with E-state index in [0.29, 0.717) is 6.54 Å². The van der Waals surface area contributed by atoms with E-state index >= 15 is 0 Å². The van der Waals surface area contributed by atoms with Gasteiger partial charge in [0, 0.05) is 31.5 Å². The van der Waals surface area contributed by atoms with E-state index in [-0.39, 0.29) is 25.0 Å². The number of nitrogens with one attached hydrogen (secondary N) is 1. The molecule has 112 valence electrons. The van der Waals surface area contributed by atoms with Crippen LogP contribution in [0.25, 0.3) is 0 Å². The maximum absolute atomic E-state index is 12.3. The van der Waals surface area contributed by atoms with Gasteiger partial charge in [0.25, 0.3) is 0 Å². The van der Waals surface area contributed by atoms with Crippen LogP contribution in [-0.4, -0.2) is 54.4 Å². The van der Waals surface area contributed by atoms with E-state index in [1.165, 1.54) is 0 Å². The van der Waals surface area contributed by atoms with Gasteiger partial charge in [-0.05, 0) is 25.3 Å². The minimum atomic E-state index is -3.23. The van der Waals surface area contributed by atoms with Crippen molar-refractivity contribution >= 4 is 15.9 Å². The van der Waals surface area contributed by atoms with Crippen LogP contribution in [0.2, 0.25) is 0 Å². The van der Waals surface area contributed by atoms with E-state index in [0.717, 1.165) is 25.5 Å². The molecule has 0 radical (unpaired) electrons. The van der Waals surface area contributed by atoms with E-state index in [4.69, 9.17) is 0 Å². The molecule has 1 unspecified atom stereocenters. The molecule has 7 nitrogen and oxygen atoms in total. The third-order valence-corrected chi connectivity index (χ3v) is 4.08. The van der Waals surface area contributed by atoms with E-state index in [9.17, 15) is 13.2 Å². The summed E-state index contributed by atoms with van der Waals surface area (Å²) in [6.07, 6.45) is 7.30. The molecule has 2 rings (SSSR count). The predicted molar refractivity (Wildman–Crippen MR) is 74.4 cm³/mol. The van der Waals surface area contributed by atoms with Gasteiger partial charge in [0.15, 0.2) is 0 Å². The van der Waals surface area contributed by atoms with Crippen LogP contribution in [0.5, 0.6) is 0 Å². The maximum atomic E-state index is 12.3. The summed E-state index contributed by atoms with van der Waals surface area (Å²) in [6.45, 7) is 1.16. The molecule has 1 fully saturated rings. The zero-order valence-corrected chi connectivity index (χ0v) is 12.3. The van der Waals surface area contributed by atoms with Gasteiger partial charge in [0.1, 0.15) is 6.54 Å². The lowest BCUT2D eigenvalue weighted by Gasteiger charge is -2.35. The van der Waals surface area contributed by atoms with E-state index in [1.54, 1.807) is 28.0 Å². The summed E-state index contributed by atoms with van der Waals surface area (Å²) in [4.78, 5) is 14.1. The molecule has 1 N–H and O–H groups in total. The average Bonchev–Trinajstić information content (AvgIpc) is 2.88. The average molecular weight is 300 g/mol. The smallest absolute Gasteiger partial charge is 0.244 e. The van der Waals surface area contributed by atoms with Crippen molar-refractivity contribution in [3.8, 4) is 0 Å². The first-order valence-corrected chi connectivity index (χ1v) is 8.56. The first-order valence-electron chi connectivity index (χ1n) is 6.67. The highest BCUT2D eigenvalue weighted by Gasteiger charge is 2.27. The van der Waals surface area contributed by atoms with Crippen molar-refractivity contribution in [2.24, 2.45) is 0 Å². The number of likely N-dealkylation sites (tertiary alicyclic amines) is 1. The lowest BCUT2D eigenvalue weighted by atomic mass is 10.0. The maximum Gasteiger partial charge on any atom is 0.244 e. The van der Waals surface area contributed by atoms with Crippen molar-refractivity contribution in [3.63, 3.8) is 0 Å². The monoisotopic (exact) mass is 300 g/mol. The lowest BCUT2D eigenvalue weighted by Crippen LogP contribution is -2.50. The number of hydrogen-bond donors (Lipinski definition) is 1. The van der Waals surface area contributed by atoms with Crippen LogP contribution in [-0.2, 0) is 21.4 Å². The van der Waals surface area contributed by atoms with Crippen LogP contribution >= 0.6 is 0 Å². The third kappa shape index (κ3) is 4.31. The Bertz CT molecular complexity index is 541. The van der Waals surface area contributed by atoms with Gasteiger partial charge in [-0.25, -0.2) is 13.1 Å². The minimum absolute atomic E-state index is 0.0197. The number of carbonyl (C=O) groups is 1. The van der Waals surface area contributed by atoms with Crippen molar-refractivity contribution in [3.05, 3.63) is 18.5 Å². The molecule has 1 aliphatic heterocycles. The highest BCUT2D eigenvalue weighted by atomic mass is 32.2. The molecule has 2 heterocycles. The Morgan fingerprint density at radius 2 is 2.25 bits per heavy atom. The molecule has 0 bridgehead atoms. The van der Waals surface area contributed by atoms with Crippen molar-refractivity contribution in [1.29, 1.82) is 0 Å². The molecule has 8 heteroatoms. The van der Waals surface area contributed by atoms with Crippen molar-refractivity contribution < 1.29 is 13.2 Å². The van der Waals surface area contributed by atoms with Crippen LogP contribution in [0, 0.1) is 0 Å². The molecule has 1 amide bonds. The quantitative estimate of drug-likeness (QED) is 0.817. The number of sulfonamides is 1. The van der Waals surface area contributed by atoms with Gasteiger partial charge in [-0.15, -0.1) is 0 Å². The summed E-state index contributed by atoms with van der Waals surface area (Å²) >= 11 is 0. The van der Waals surface area contributed by atoms with Gasteiger partial charge >= 0.3 is 0 Å². The molecule has 0 saturated carbocycles. The lowest BCUT2D eigenvalue weighted by molar-refractivity contribution is -0.135. The van der Waals surface area contributed by atoms with Crippen molar-refractivity contribution in [2.45, 2.75) is 31.8 Å².